The van der Waals surface area contributed by atoms with Gasteiger partial charge in [0, 0.05) is 6.54 Å². The van der Waals surface area contributed by atoms with Crippen LogP contribution in [0, 0.1) is 5.92 Å². The summed E-state index contributed by atoms with van der Waals surface area (Å²) in [6.07, 6.45) is 1.58. The molecule has 0 atom stereocenters. The second kappa shape index (κ2) is 9.13. The van der Waals surface area contributed by atoms with Crippen LogP contribution in [0.1, 0.15) is 13.8 Å². The van der Waals surface area contributed by atoms with Gasteiger partial charge < -0.3 is 14.0 Å². The zero-order valence-corrected chi connectivity index (χ0v) is 18.4. The molecule has 32 heavy (non-hydrogen) atoms. The minimum Gasteiger partial charge on any atom is -0.497 e. The molecule has 0 saturated heterocycles. The molecular formula is C24H26N4O4. The Bertz CT molecular complexity index is 1320. The van der Waals surface area contributed by atoms with Crippen molar-refractivity contribution in [3.63, 3.8) is 0 Å². The summed E-state index contributed by atoms with van der Waals surface area (Å²) in [6.45, 7) is 5.04. The molecule has 4 aromatic rings. The molecule has 0 aliphatic carbocycles. The standard InChI is InChI=1S/C24H26N4O4/c1-17(2)15-27-23(29)21-22(28(24(27)30)18-9-11-19(31-3)12-10-18)25-16-26(21)13-14-32-20-7-5-4-6-8-20/h4-12,16-17H,13-15H2,1-3H3. The monoisotopic (exact) mass is 434 g/mol. The SMILES string of the molecule is COc1ccc(-n2c(=O)n(CC(C)C)c(=O)c3c2ncn3CCOc2ccccc2)cc1. The van der Waals surface area contributed by atoms with Gasteiger partial charge in [0.05, 0.1) is 25.7 Å². The molecule has 8 nitrogen and oxygen atoms in total. The van der Waals surface area contributed by atoms with Gasteiger partial charge in [0.1, 0.15) is 18.1 Å². The van der Waals surface area contributed by atoms with Crippen molar-refractivity contribution in [2.45, 2.75) is 26.9 Å². The number of methoxy groups -OCH3 is 1. The van der Waals surface area contributed by atoms with Gasteiger partial charge in [-0.15, -0.1) is 0 Å². The molecule has 2 aromatic heterocycles. The Morgan fingerprint density at radius 3 is 2.34 bits per heavy atom. The lowest BCUT2D eigenvalue weighted by molar-refractivity contribution is 0.300. The third-order valence-corrected chi connectivity index (χ3v) is 5.12. The minimum absolute atomic E-state index is 0.125. The van der Waals surface area contributed by atoms with E-state index >= 15 is 0 Å². The quantitative estimate of drug-likeness (QED) is 0.426. The number of rotatable bonds is 8. The first-order valence-electron chi connectivity index (χ1n) is 10.5. The number of fused-ring (bicyclic) bond motifs is 1. The highest BCUT2D eigenvalue weighted by Crippen LogP contribution is 2.17. The number of imidazole rings is 1. The highest BCUT2D eigenvalue weighted by molar-refractivity contribution is 5.72. The molecule has 2 heterocycles. The van der Waals surface area contributed by atoms with E-state index in [1.807, 2.05) is 44.2 Å². The van der Waals surface area contributed by atoms with Crippen LogP contribution in [0.5, 0.6) is 11.5 Å². The van der Waals surface area contributed by atoms with E-state index in [0.717, 1.165) is 5.75 Å². The molecule has 4 rings (SSSR count). The van der Waals surface area contributed by atoms with E-state index in [4.69, 9.17) is 9.47 Å². The molecule has 0 bridgehead atoms. The van der Waals surface area contributed by atoms with E-state index in [9.17, 15) is 9.59 Å². The molecule has 166 valence electrons. The van der Waals surface area contributed by atoms with E-state index in [1.54, 1.807) is 42.3 Å². The molecule has 0 spiro atoms. The summed E-state index contributed by atoms with van der Waals surface area (Å²) < 4.78 is 15.5. The summed E-state index contributed by atoms with van der Waals surface area (Å²) in [5.74, 6) is 1.56. The van der Waals surface area contributed by atoms with Gasteiger partial charge in [-0.25, -0.2) is 14.3 Å². The third-order valence-electron chi connectivity index (χ3n) is 5.12. The fourth-order valence-corrected chi connectivity index (χ4v) is 3.62. The van der Waals surface area contributed by atoms with Gasteiger partial charge in [-0.3, -0.25) is 9.36 Å². The first kappa shape index (κ1) is 21.4. The lowest BCUT2D eigenvalue weighted by Gasteiger charge is -2.14. The molecule has 2 aromatic carbocycles. The highest BCUT2D eigenvalue weighted by Gasteiger charge is 2.19. The van der Waals surface area contributed by atoms with E-state index in [2.05, 4.69) is 4.98 Å². The van der Waals surface area contributed by atoms with Gasteiger partial charge >= 0.3 is 5.69 Å². The van der Waals surface area contributed by atoms with E-state index in [0.29, 0.717) is 42.3 Å². The molecule has 0 unspecified atom stereocenters. The van der Waals surface area contributed by atoms with Crippen molar-refractivity contribution in [1.29, 1.82) is 0 Å². The molecular weight excluding hydrogens is 408 g/mol. The average Bonchev–Trinajstić information content (AvgIpc) is 3.21. The number of hydrogen-bond donors (Lipinski definition) is 0. The van der Waals surface area contributed by atoms with E-state index in [1.165, 1.54) is 9.13 Å². The average molecular weight is 434 g/mol. The summed E-state index contributed by atoms with van der Waals surface area (Å²) >= 11 is 0. The molecule has 0 radical (unpaired) electrons. The van der Waals surface area contributed by atoms with Crippen molar-refractivity contribution in [2.75, 3.05) is 13.7 Å². The summed E-state index contributed by atoms with van der Waals surface area (Å²) in [7, 11) is 1.58. The highest BCUT2D eigenvalue weighted by atomic mass is 16.5. The van der Waals surface area contributed by atoms with Crippen molar-refractivity contribution in [1.82, 2.24) is 18.7 Å². The van der Waals surface area contributed by atoms with Gasteiger partial charge in [-0.1, -0.05) is 32.0 Å². The molecule has 0 aliphatic rings. The second-order valence-corrected chi connectivity index (χ2v) is 7.90. The molecule has 0 amide bonds. The Kier molecular flexibility index (Phi) is 6.11. The number of ether oxygens (including phenoxy) is 2. The van der Waals surface area contributed by atoms with Crippen LogP contribution in [-0.2, 0) is 13.1 Å². The molecule has 0 saturated carbocycles. The summed E-state index contributed by atoms with van der Waals surface area (Å²) in [5.41, 5.74) is 0.555. The lowest BCUT2D eigenvalue weighted by atomic mass is 10.2. The van der Waals surface area contributed by atoms with E-state index in [-0.39, 0.29) is 11.5 Å². The number of aromatic nitrogens is 4. The fourth-order valence-electron chi connectivity index (χ4n) is 3.62. The van der Waals surface area contributed by atoms with Gasteiger partial charge in [-0.05, 0) is 42.3 Å². The Balaban J connectivity index is 1.80. The number of benzene rings is 2. The van der Waals surface area contributed by atoms with Crippen molar-refractivity contribution in [3.8, 4) is 17.2 Å². The van der Waals surface area contributed by atoms with Crippen LogP contribution in [0.2, 0.25) is 0 Å². The number of nitrogens with zero attached hydrogens (tertiary/aromatic N) is 4. The molecule has 0 aliphatic heterocycles. The number of para-hydroxylation sites is 1. The smallest absolute Gasteiger partial charge is 0.337 e. The first-order valence-corrected chi connectivity index (χ1v) is 10.5. The topological polar surface area (TPSA) is 80.3 Å². The third kappa shape index (κ3) is 4.16. The zero-order chi connectivity index (χ0) is 22.7. The van der Waals surface area contributed by atoms with E-state index < -0.39 is 5.69 Å². The summed E-state index contributed by atoms with van der Waals surface area (Å²) in [6, 6.07) is 16.6. The Labute approximate surface area is 185 Å². The van der Waals surface area contributed by atoms with Crippen molar-refractivity contribution in [3.05, 3.63) is 81.8 Å². The van der Waals surface area contributed by atoms with Crippen molar-refractivity contribution < 1.29 is 9.47 Å². The summed E-state index contributed by atoms with van der Waals surface area (Å²) in [4.78, 5) is 31.1. The van der Waals surface area contributed by atoms with Gasteiger partial charge in [-0.2, -0.15) is 0 Å². The molecule has 8 heteroatoms. The maximum Gasteiger partial charge on any atom is 0.337 e. The van der Waals surface area contributed by atoms with Crippen LogP contribution in [0.25, 0.3) is 16.9 Å². The Morgan fingerprint density at radius 2 is 1.69 bits per heavy atom. The van der Waals surface area contributed by atoms with Crippen LogP contribution in [0.3, 0.4) is 0 Å². The predicted molar refractivity (Wildman–Crippen MR) is 123 cm³/mol. The van der Waals surface area contributed by atoms with Gasteiger partial charge in [0.15, 0.2) is 11.2 Å². The van der Waals surface area contributed by atoms with Crippen molar-refractivity contribution in [2.24, 2.45) is 5.92 Å². The largest absolute Gasteiger partial charge is 0.497 e. The van der Waals surface area contributed by atoms with Crippen molar-refractivity contribution >= 4 is 11.2 Å². The van der Waals surface area contributed by atoms with Crippen LogP contribution < -0.4 is 20.7 Å². The van der Waals surface area contributed by atoms with Crippen LogP contribution >= 0.6 is 0 Å². The van der Waals surface area contributed by atoms with Gasteiger partial charge in [0.2, 0.25) is 0 Å². The van der Waals surface area contributed by atoms with Crippen LogP contribution in [-0.4, -0.2) is 32.4 Å². The maximum absolute atomic E-state index is 13.3. The Hall–Kier alpha value is -3.81. The predicted octanol–water partition coefficient (Wildman–Crippen LogP) is 3.09. The van der Waals surface area contributed by atoms with Crippen LogP contribution in [0.4, 0.5) is 0 Å². The number of hydrogen-bond acceptors (Lipinski definition) is 5. The van der Waals surface area contributed by atoms with Crippen LogP contribution in [0.15, 0.2) is 70.5 Å². The molecule has 0 fully saturated rings. The lowest BCUT2D eigenvalue weighted by Crippen LogP contribution is -2.41. The fraction of sp³-hybridized carbons (Fsp3) is 0.292. The first-order chi connectivity index (χ1) is 15.5. The maximum atomic E-state index is 13.3. The second-order valence-electron chi connectivity index (χ2n) is 7.90. The minimum atomic E-state index is -0.410. The molecule has 0 N–H and O–H groups in total. The zero-order valence-electron chi connectivity index (χ0n) is 18.4. The van der Waals surface area contributed by atoms with Gasteiger partial charge in [0.25, 0.3) is 5.56 Å². The Morgan fingerprint density at radius 1 is 0.969 bits per heavy atom. The summed E-state index contributed by atoms with van der Waals surface area (Å²) in [5, 5.41) is 0. The normalized spacial score (nSPS) is 11.2.